The van der Waals surface area contributed by atoms with E-state index < -0.39 is 0 Å². The topological polar surface area (TPSA) is 33.1 Å². The van der Waals surface area contributed by atoms with Gasteiger partial charge in [0, 0.05) is 27.9 Å². The average molecular weight is 283 g/mol. The number of halogens is 1. The molecule has 0 unspecified atom stereocenters. The summed E-state index contributed by atoms with van der Waals surface area (Å²) < 4.78 is 0. The van der Waals surface area contributed by atoms with Gasteiger partial charge in [-0.2, -0.15) is 0 Å². The molecule has 0 saturated heterocycles. The van der Waals surface area contributed by atoms with Gasteiger partial charge in [0.1, 0.15) is 5.76 Å². The molecule has 1 heterocycles. The van der Waals surface area contributed by atoms with E-state index in [1.54, 1.807) is 6.20 Å². The number of rotatable bonds is 2. The summed E-state index contributed by atoms with van der Waals surface area (Å²) in [6, 6.07) is 13.2. The van der Waals surface area contributed by atoms with Gasteiger partial charge in [-0.15, -0.1) is 0 Å². The second-order valence-corrected chi connectivity index (χ2v) is 4.95. The van der Waals surface area contributed by atoms with E-state index in [1.165, 1.54) is 0 Å². The molecule has 1 N–H and O–H groups in total. The third-order valence-corrected chi connectivity index (χ3v) is 3.62. The van der Waals surface area contributed by atoms with Gasteiger partial charge in [0.2, 0.25) is 0 Å². The van der Waals surface area contributed by atoms with Crippen molar-refractivity contribution in [3.63, 3.8) is 0 Å². The smallest absolute Gasteiger partial charge is 0.128 e. The zero-order valence-electron chi connectivity index (χ0n) is 10.8. The third-order valence-electron chi connectivity index (χ3n) is 3.29. The molecule has 0 aliphatic heterocycles. The van der Waals surface area contributed by atoms with Gasteiger partial charge in [-0.3, -0.25) is 4.98 Å². The number of nitrogens with zero attached hydrogens (tertiary/aromatic N) is 1. The number of hydrogen-bond acceptors (Lipinski definition) is 2. The van der Waals surface area contributed by atoms with E-state index in [4.69, 9.17) is 11.6 Å². The van der Waals surface area contributed by atoms with Crippen molar-refractivity contribution in [2.45, 2.75) is 6.42 Å². The van der Waals surface area contributed by atoms with Gasteiger partial charge in [0.25, 0.3) is 0 Å². The minimum atomic E-state index is 0.249. The Hall–Kier alpha value is -2.06. The van der Waals surface area contributed by atoms with Crippen LogP contribution in [0.15, 0.2) is 60.5 Å². The van der Waals surface area contributed by atoms with E-state index in [0.717, 1.165) is 22.4 Å². The molecule has 1 aliphatic rings. The highest BCUT2D eigenvalue weighted by Gasteiger charge is 2.20. The number of aromatic nitrogens is 1. The summed E-state index contributed by atoms with van der Waals surface area (Å²) in [7, 11) is 0. The molecule has 0 saturated carbocycles. The quantitative estimate of drug-likeness (QED) is 0.866. The maximum atomic E-state index is 10.6. The lowest BCUT2D eigenvalue weighted by Crippen LogP contribution is -2.02. The molecule has 2 nitrogen and oxygen atoms in total. The van der Waals surface area contributed by atoms with Gasteiger partial charge in [0.05, 0.1) is 5.69 Å². The first-order chi connectivity index (χ1) is 9.77. The van der Waals surface area contributed by atoms with Crippen molar-refractivity contribution >= 4 is 22.7 Å². The van der Waals surface area contributed by atoms with Gasteiger partial charge in [-0.1, -0.05) is 41.9 Å². The molecule has 1 aromatic heterocycles. The van der Waals surface area contributed by atoms with Crippen LogP contribution in [0, 0.1) is 6.42 Å². The summed E-state index contributed by atoms with van der Waals surface area (Å²) in [6.07, 6.45) is 6.31. The Morgan fingerprint density at radius 3 is 2.60 bits per heavy atom. The van der Waals surface area contributed by atoms with Gasteiger partial charge in [-0.05, 0) is 31.0 Å². The molecule has 0 atom stereocenters. The van der Waals surface area contributed by atoms with Crippen LogP contribution in [-0.4, -0.2) is 10.1 Å². The maximum absolute atomic E-state index is 10.6. The van der Waals surface area contributed by atoms with E-state index >= 15 is 0 Å². The fourth-order valence-corrected chi connectivity index (χ4v) is 2.53. The van der Waals surface area contributed by atoms with Gasteiger partial charge in [-0.25, -0.2) is 0 Å². The fourth-order valence-electron chi connectivity index (χ4n) is 2.30. The van der Waals surface area contributed by atoms with Crippen molar-refractivity contribution in [1.82, 2.24) is 4.98 Å². The van der Waals surface area contributed by atoms with Crippen LogP contribution < -0.4 is 0 Å². The molecule has 1 aliphatic carbocycles. The summed E-state index contributed by atoms with van der Waals surface area (Å²) >= 11 is 6.21. The van der Waals surface area contributed by atoms with Crippen LogP contribution in [-0.2, 0) is 0 Å². The molecule has 0 bridgehead atoms. The zero-order valence-corrected chi connectivity index (χ0v) is 11.5. The van der Waals surface area contributed by atoms with Gasteiger partial charge < -0.3 is 5.11 Å². The lowest BCUT2D eigenvalue weighted by molar-refractivity contribution is 0.438. The average Bonchev–Trinajstić information content (AvgIpc) is 2.49. The first-order valence-electron chi connectivity index (χ1n) is 6.39. The van der Waals surface area contributed by atoms with Crippen LogP contribution in [0.1, 0.15) is 17.7 Å². The molecule has 0 spiro atoms. The summed E-state index contributed by atoms with van der Waals surface area (Å²) in [6.45, 7) is 0. The highest BCUT2D eigenvalue weighted by Crippen LogP contribution is 2.37. The normalized spacial score (nSPS) is 15.2. The van der Waals surface area contributed by atoms with Crippen LogP contribution in [0.3, 0.4) is 0 Å². The van der Waals surface area contributed by atoms with E-state index in [2.05, 4.69) is 4.98 Å². The van der Waals surface area contributed by atoms with Crippen molar-refractivity contribution in [3.05, 3.63) is 83.2 Å². The van der Waals surface area contributed by atoms with E-state index in [-0.39, 0.29) is 5.76 Å². The number of hydrogen-bond donors (Lipinski definition) is 1. The Balaban J connectivity index is 2.08. The molecule has 99 valence electrons. The third kappa shape index (κ3) is 2.35. The van der Waals surface area contributed by atoms with E-state index in [1.807, 2.05) is 55.0 Å². The summed E-state index contributed by atoms with van der Waals surface area (Å²) in [5, 5.41) is 11.2. The maximum Gasteiger partial charge on any atom is 0.128 e. The second kappa shape index (κ2) is 5.51. The Morgan fingerprint density at radius 1 is 1.05 bits per heavy atom. The van der Waals surface area contributed by atoms with E-state index in [9.17, 15) is 5.11 Å². The largest absolute Gasteiger partial charge is 0.507 e. The molecule has 1 aromatic carbocycles. The molecule has 1 radical (unpaired) electrons. The fraction of sp³-hybridized carbons (Fsp3) is 0.0588. The van der Waals surface area contributed by atoms with Gasteiger partial charge >= 0.3 is 0 Å². The molecule has 0 fully saturated rings. The second-order valence-electron chi connectivity index (χ2n) is 4.54. The predicted octanol–water partition coefficient (Wildman–Crippen LogP) is 4.70. The molecule has 3 heteroatoms. The van der Waals surface area contributed by atoms with E-state index in [0.29, 0.717) is 11.4 Å². The molecule has 0 amide bonds. The number of aliphatic hydroxyl groups is 1. The number of allylic oxidation sites excluding steroid dienone is 3. The number of benzene rings is 1. The Morgan fingerprint density at radius 2 is 1.85 bits per heavy atom. The molecule has 3 rings (SSSR count). The van der Waals surface area contributed by atoms with Crippen molar-refractivity contribution in [1.29, 1.82) is 0 Å². The highest BCUT2D eigenvalue weighted by molar-refractivity contribution is 6.32. The highest BCUT2D eigenvalue weighted by atomic mass is 35.5. The minimum Gasteiger partial charge on any atom is -0.507 e. The van der Waals surface area contributed by atoms with Crippen molar-refractivity contribution in [2.24, 2.45) is 0 Å². The number of aliphatic hydroxyl groups excluding tert-OH is 1. The van der Waals surface area contributed by atoms with Crippen molar-refractivity contribution in [3.8, 4) is 0 Å². The summed E-state index contributed by atoms with van der Waals surface area (Å²) in [5.41, 5.74) is 3.18. The summed E-state index contributed by atoms with van der Waals surface area (Å²) in [4.78, 5) is 4.31. The lowest BCUT2D eigenvalue weighted by atomic mass is 9.91. The zero-order chi connectivity index (χ0) is 13.9. The van der Waals surface area contributed by atoms with Crippen LogP contribution in [0.5, 0.6) is 0 Å². The first kappa shape index (κ1) is 12.9. The Labute approximate surface area is 123 Å². The van der Waals surface area contributed by atoms with Crippen LogP contribution >= 0.6 is 11.6 Å². The Kier molecular flexibility index (Phi) is 3.57. The predicted molar refractivity (Wildman–Crippen MR) is 82.1 cm³/mol. The van der Waals surface area contributed by atoms with Crippen molar-refractivity contribution < 1.29 is 5.11 Å². The van der Waals surface area contributed by atoms with Crippen LogP contribution in [0.25, 0.3) is 11.1 Å². The van der Waals surface area contributed by atoms with Crippen molar-refractivity contribution in [2.75, 3.05) is 0 Å². The first-order valence-corrected chi connectivity index (χ1v) is 6.77. The lowest BCUT2D eigenvalue weighted by Gasteiger charge is -2.18. The summed E-state index contributed by atoms with van der Waals surface area (Å²) in [5.74, 6) is 0.249. The van der Waals surface area contributed by atoms with Crippen LogP contribution in [0.4, 0.5) is 0 Å². The Bertz CT molecular complexity index is 689. The monoisotopic (exact) mass is 282 g/mol. The molecule has 2 aromatic rings. The molecule has 20 heavy (non-hydrogen) atoms. The van der Waals surface area contributed by atoms with Gasteiger partial charge in [0.15, 0.2) is 0 Å². The molecular formula is C17H13ClNO. The molecular weight excluding hydrogens is 270 g/mol. The minimum absolute atomic E-state index is 0.249. The standard InChI is InChI=1S/C17H13ClNO/c18-15-9-2-1-6-12(15)13-7-5-8-14(17(13)20)16-10-3-4-11-19-16/h1-7,9-11,20H,8H2. The SMILES string of the molecule is OC1=C(c2ccccn2)C[CH]C=C1c1ccccc1Cl. The van der Waals surface area contributed by atoms with Crippen LogP contribution in [0.2, 0.25) is 5.02 Å². The number of pyridine rings is 1.